The molecule has 0 N–H and O–H groups in total. The molecule has 0 aliphatic carbocycles. The zero-order chi connectivity index (χ0) is 19.6. The fourth-order valence-electron chi connectivity index (χ4n) is 3.09. The third-order valence-corrected chi connectivity index (χ3v) is 6.79. The summed E-state index contributed by atoms with van der Waals surface area (Å²) in [6.07, 6.45) is 2.68. The molecule has 0 amide bonds. The summed E-state index contributed by atoms with van der Waals surface area (Å²) in [6.45, 7) is 3.62. The lowest BCUT2D eigenvalue weighted by molar-refractivity contribution is -0.151. The first-order valence-corrected chi connectivity index (χ1v) is 10.3. The SMILES string of the molecule is Cc1noc(C)c1S(=O)(=O)N1CCCC(C(=O)OCc2ccc(Cl)nc2)C1. The van der Waals surface area contributed by atoms with Crippen LogP contribution in [-0.4, -0.2) is 41.9 Å². The van der Waals surface area contributed by atoms with Crippen molar-refractivity contribution < 1.29 is 22.5 Å². The van der Waals surface area contributed by atoms with Gasteiger partial charge in [-0.1, -0.05) is 22.8 Å². The van der Waals surface area contributed by atoms with Crippen LogP contribution in [0.4, 0.5) is 0 Å². The summed E-state index contributed by atoms with van der Waals surface area (Å²) in [4.78, 5) is 16.4. The Labute approximate surface area is 162 Å². The Bertz CT molecular complexity index is 907. The van der Waals surface area contributed by atoms with E-state index >= 15 is 0 Å². The van der Waals surface area contributed by atoms with E-state index in [1.165, 1.54) is 10.5 Å². The molecule has 8 nitrogen and oxygen atoms in total. The van der Waals surface area contributed by atoms with Crippen molar-refractivity contribution in [3.63, 3.8) is 0 Å². The van der Waals surface area contributed by atoms with Gasteiger partial charge < -0.3 is 9.26 Å². The van der Waals surface area contributed by atoms with Crippen molar-refractivity contribution in [2.75, 3.05) is 13.1 Å². The number of carbonyl (C=O) groups excluding carboxylic acids is 1. The van der Waals surface area contributed by atoms with Crippen LogP contribution in [-0.2, 0) is 26.2 Å². The number of rotatable bonds is 5. The van der Waals surface area contributed by atoms with E-state index in [2.05, 4.69) is 10.1 Å². The highest BCUT2D eigenvalue weighted by molar-refractivity contribution is 7.89. The van der Waals surface area contributed by atoms with Crippen molar-refractivity contribution in [3.8, 4) is 0 Å². The van der Waals surface area contributed by atoms with Crippen LogP contribution in [0.15, 0.2) is 27.7 Å². The van der Waals surface area contributed by atoms with Crippen molar-refractivity contribution in [3.05, 3.63) is 40.5 Å². The van der Waals surface area contributed by atoms with Gasteiger partial charge in [0.25, 0.3) is 0 Å². The van der Waals surface area contributed by atoms with Crippen molar-refractivity contribution >= 4 is 27.6 Å². The van der Waals surface area contributed by atoms with Crippen LogP contribution in [0.2, 0.25) is 5.15 Å². The molecule has 1 aliphatic rings. The first kappa shape index (κ1) is 19.8. The van der Waals surface area contributed by atoms with E-state index in [9.17, 15) is 13.2 Å². The molecule has 1 fully saturated rings. The van der Waals surface area contributed by atoms with Crippen molar-refractivity contribution in [2.24, 2.45) is 5.92 Å². The maximum absolute atomic E-state index is 12.9. The summed E-state index contributed by atoms with van der Waals surface area (Å²) in [5.74, 6) is -0.703. The molecule has 1 saturated heterocycles. The lowest BCUT2D eigenvalue weighted by Crippen LogP contribution is -2.43. The van der Waals surface area contributed by atoms with Crippen LogP contribution < -0.4 is 0 Å². The summed E-state index contributed by atoms with van der Waals surface area (Å²) in [5, 5.41) is 4.07. The number of aryl methyl sites for hydroxylation is 2. The number of hydrogen-bond donors (Lipinski definition) is 0. The van der Waals surface area contributed by atoms with E-state index in [4.69, 9.17) is 20.9 Å². The molecule has 1 aliphatic heterocycles. The van der Waals surface area contributed by atoms with Gasteiger partial charge in [-0.05, 0) is 32.8 Å². The monoisotopic (exact) mass is 413 g/mol. The Hall–Kier alpha value is -1.97. The molecule has 0 aromatic carbocycles. The zero-order valence-corrected chi connectivity index (χ0v) is 16.6. The van der Waals surface area contributed by atoms with Gasteiger partial charge in [0.1, 0.15) is 22.3 Å². The van der Waals surface area contributed by atoms with Crippen LogP contribution in [0.5, 0.6) is 0 Å². The van der Waals surface area contributed by atoms with Crippen molar-refractivity contribution in [1.82, 2.24) is 14.4 Å². The molecule has 27 heavy (non-hydrogen) atoms. The van der Waals surface area contributed by atoms with Gasteiger partial charge in [0.2, 0.25) is 10.0 Å². The second kappa shape index (κ2) is 7.95. The predicted octanol–water partition coefficient (Wildman–Crippen LogP) is 2.48. The van der Waals surface area contributed by atoms with Crippen LogP contribution in [0.1, 0.15) is 29.9 Å². The molecule has 0 saturated carbocycles. The second-order valence-corrected chi connectivity index (χ2v) is 8.71. The minimum atomic E-state index is -3.77. The largest absolute Gasteiger partial charge is 0.461 e. The van der Waals surface area contributed by atoms with E-state index in [0.29, 0.717) is 35.8 Å². The average molecular weight is 414 g/mol. The molecule has 1 unspecified atom stereocenters. The third-order valence-electron chi connectivity index (χ3n) is 4.45. The molecule has 0 radical (unpaired) electrons. The molecule has 146 valence electrons. The predicted molar refractivity (Wildman–Crippen MR) is 96.5 cm³/mol. The summed E-state index contributed by atoms with van der Waals surface area (Å²) in [5.41, 5.74) is 1.02. The quantitative estimate of drug-likeness (QED) is 0.548. The molecule has 3 heterocycles. The summed E-state index contributed by atoms with van der Waals surface area (Å²) >= 11 is 5.73. The highest BCUT2D eigenvalue weighted by Crippen LogP contribution is 2.28. The lowest BCUT2D eigenvalue weighted by Gasteiger charge is -2.30. The maximum atomic E-state index is 12.9. The smallest absolute Gasteiger partial charge is 0.310 e. The molecule has 2 aromatic rings. The summed E-state index contributed by atoms with van der Waals surface area (Å²) in [7, 11) is -3.77. The number of esters is 1. The van der Waals surface area contributed by atoms with E-state index < -0.39 is 21.9 Å². The average Bonchev–Trinajstić information content (AvgIpc) is 3.00. The van der Waals surface area contributed by atoms with Gasteiger partial charge in [-0.2, -0.15) is 4.31 Å². The number of aromatic nitrogens is 2. The van der Waals surface area contributed by atoms with Gasteiger partial charge in [-0.25, -0.2) is 13.4 Å². The van der Waals surface area contributed by atoms with Crippen LogP contribution in [0.3, 0.4) is 0 Å². The van der Waals surface area contributed by atoms with Crippen LogP contribution in [0.25, 0.3) is 0 Å². The van der Waals surface area contributed by atoms with Gasteiger partial charge in [-0.3, -0.25) is 4.79 Å². The molecule has 10 heteroatoms. The van der Waals surface area contributed by atoms with Crippen molar-refractivity contribution in [2.45, 2.75) is 38.2 Å². The number of nitrogens with zero attached hydrogens (tertiary/aromatic N) is 3. The zero-order valence-electron chi connectivity index (χ0n) is 15.0. The fourth-order valence-corrected chi connectivity index (χ4v) is 5.02. The molecular formula is C17H20ClN3O5S. The molecule has 0 bridgehead atoms. The molecule has 0 spiro atoms. The number of pyridine rings is 1. The number of carbonyl (C=O) groups is 1. The number of halogens is 1. The minimum absolute atomic E-state index is 0.0656. The number of ether oxygens (including phenoxy) is 1. The molecular weight excluding hydrogens is 394 g/mol. The van der Waals surface area contributed by atoms with Crippen LogP contribution in [0, 0.1) is 19.8 Å². The first-order valence-electron chi connectivity index (χ1n) is 8.49. The Morgan fingerprint density at radius 2 is 2.19 bits per heavy atom. The van der Waals surface area contributed by atoms with E-state index in [-0.39, 0.29) is 23.8 Å². The third kappa shape index (κ3) is 4.31. The Morgan fingerprint density at radius 3 is 2.81 bits per heavy atom. The Morgan fingerprint density at radius 1 is 1.41 bits per heavy atom. The highest BCUT2D eigenvalue weighted by atomic mass is 35.5. The number of hydrogen-bond acceptors (Lipinski definition) is 7. The van der Waals surface area contributed by atoms with Crippen molar-refractivity contribution in [1.29, 1.82) is 0 Å². The second-order valence-electron chi connectivity index (χ2n) is 6.45. The maximum Gasteiger partial charge on any atom is 0.310 e. The number of sulfonamides is 1. The van der Waals surface area contributed by atoms with Crippen LogP contribution >= 0.6 is 11.6 Å². The summed E-state index contributed by atoms with van der Waals surface area (Å²) < 4.78 is 37.5. The molecule has 1 atom stereocenters. The van der Waals surface area contributed by atoms with E-state index in [1.807, 2.05) is 0 Å². The highest BCUT2D eigenvalue weighted by Gasteiger charge is 2.37. The van der Waals surface area contributed by atoms with E-state index in [1.54, 1.807) is 26.0 Å². The van der Waals surface area contributed by atoms with Gasteiger partial charge in [0.05, 0.1) is 5.92 Å². The Kier molecular flexibility index (Phi) is 5.83. The van der Waals surface area contributed by atoms with Gasteiger partial charge in [0.15, 0.2) is 5.76 Å². The standard InChI is InChI=1S/C17H20ClN3O5S/c1-11-16(12(2)26-20-11)27(23,24)21-7-3-4-14(9-21)17(22)25-10-13-5-6-15(18)19-8-13/h5-6,8,14H,3-4,7,9-10H2,1-2H3. The Balaban J connectivity index is 1.66. The number of piperidine rings is 1. The fraction of sp³-hybridized carbons (Fsp3) is 0.471. The van der Waals surface area contributed by atoms with Gasteiger partial charge in [-0.15, -0.1) is 0 Å². The van der Waals surface area contributed by atoms with Gasteiger partial charge >= 0.3 is 5.97 Å². The topological polar surface area (TPSA) is 103 Å². The first-order chi connectivity index (χ1) is 12.8. The lowest BCUT2D eigenvalue weighted by atomic mass is 10.00. The molecule has 3 rings (SSSR count). The normalized spacial score (nSPS) is 18.4. The minimum Gasteiger partial charge on any atom is -0.461 e. The van der Waals surface area contributed by atoms with E-state index in [0.717, 1.165) is 0 Å². The van der Waals surface area contributed by atoms with Gasteiger partial charge in [0, 0.05) is 24.8 Å². The summed E-state index contributed by atoms with van der Waals surface area (Å²) in [6, 6.07) is 3.33. The molecule has 2 aromatic heterocycles.